The second-order valence-corrected chi connectivity index (χ2v) is 4.43. The van der Waals surface area contributed by atoms with Crippen molar-refractivity contribution in [2.45, 2.75) is 20.8 Å². The highest BCUT2D eigenvalue weighted by atomic mass is 16.5. The first-order chi connectivity index (χ1) is 7.86. The van der Waals surface area contributed by atoms with E-state index in [1.807, 2.05) is 4.90 Å². The molecule has 98 valence electrons. The van der Waals surface area contributed by atoms with Gasteiger partial charge in [0.15, 0.2) is 0 Å². The lowest BCUT2D eigenvalue weighted by Gasteiger charge is -2.21. The van der Waals surface area contributed by atoms with Crippen LogP contribution >= 0.6 is 0 Å². The van der Waals surface area contributed by atoms with Crippen LogP contribution in [0.2, 0.25) is 0 Å². The van der Waals surface area contributed by atoms with E-state index < -0.39 is 0 Å². The number of primary amides is 1. The molecule has 1 amide bonds. The van der Waals surface area contributed by atoms with Crippen LogP contribution in [0.15, 0.2) is 11.6 Å². The first kappa shape index (κ1) is 15.6. The fraction of sp³-hybridized carbons (Fsp3) is 0.667. The van der Waals surface area contributed by atoms with Gasteiger partial charge in [0.2, 0.25) is 5.91 Å². The fourth-order valence-electron chi connectivity index (χ4n) is 1.45. The lowest BCUT2D eigenvalue weighted by atomic mass is 10.2. The van der Waals surface area contributed by atoms with E-state index in [1.165, 1.54) is 7.11 Å². The zero-order chi connectivity index (χ0) is 13.4. The van der Waals surface area contributed by atoms with Gasteiger partial charge in [0, 0.05) is 18.7 Å². The van der Waals surface area contributed by atoms with Crippen molar-refractivity contribution < 1.29 is 14.3 Å². The van der Waals surface area contributed by atoms with Crippen molar-refractivity contribution in [1.82, 2.24) is 4.90 Å². The second kappa shape index (κ2) is 7.84. The monoisotopic (exact) mass is 242 g/mol. The van der Waals surface area contributed by atoms with Gasteiger partial charge in [-0.2, -0.15) is 0 Å². The predicted molar refractivity (Wildman–Crippen MR) is 66.2 cm³/mol. The predicted octanol–water partition coefficient (Wildman–Crippen LogP) is 0.549. The Labute approximate surface area is 103 Å². The van der Waals surface area contributed by atoms with Crippen LogP contribution in [-0.4, -0.2) is 43.5 Å². The summed E-state index contributed by atoms with van der Waals surface area (Å²) >= 11 is 0. The third-order valence-electron chi connectivity index (χ3n) is 2.17. The second-order valence-electron chi connectivity index (χ2n) is 4.43. The number of carbonyl (C=O) groups excluding carboxylic acids is 2. The van der Waals surface area contributed by atoms with Crippen LogP contribution in [0.3, 0.4) is 0 Å². The number of carbonyl (C=O) groups is 2. The van der Waals surface area contributed by atoms with Crippen molar-refractivity contribution in [2.24, 2.45) is 11.7 Å². The van der Waals surface area contributed by atoms with Crippen LogP contribution in [0, 0.1) is 5.92 Å². The van der Waals surface area contributed by atoms with Gasteiger partial charge < -0.3 is 10.5 Å². The maximum absolute atomic E-state index is 11.2. The maximum atomic E-state index is 11.2. The van der Waals surface area contributed by atoms with Crippen molar-refractivity contribution in [2.75, 3.05) is 26.7 Å². The molecule has 0 aliphatic carbocycles. The molecule has 0 atom stereocenters. The van der Waals surface area contributed by atoms with Gasteiger partial charge >= 0.3 is 5.97 Å². The molecule has 0 heterocycles. The van der Waals surface area contributed by atoms with E-state index in [0.717, 1.165) is 6.54 Å². The SMILES string of the molecule is COC(=O)C(C)=CCN(CC(N)=O)CC(C)C. The molecule has 0 aliphatic heterocycles. The Balaban J connectivity index is 4.42. The molecule has 0 aromatic carbocycles. The Morgan fingerprint density at radius 1 is 1.41 bits per heavy atom. The largest absolute Gasteiger partial charge is 0.466 e. The first-order valence-corrected chi connectivity index (χ1v) is 5.62. The molecule has 0 spiro atoms. The Kier molecular flexibility index (Phi) is 7.21. The van der Waals surface area contributed by atoms with Gasteiger partial charge in [0.05, 0.1) is 13.7 Å². The summed E-state index contributed by atoms with van der Waals surface area (Å²) in [6.07, 6.45) is 1.75. The van der Waals surface area contributed by atoms with Crippen LogP contribution in [0.4, 0.5) is 0 Å². The Morgan fingerprint density at radius 3 is 2.41 bits per heavy atom. The van der Waals surface area contributed by atoms with Crippen molar-refractivity contribution in [3.05, 3.63) is 11.6 Å². The highest BCUT2D eigenvalue weighted by molar-refractivity contribution is 5.87. The fourth-order valence-corrected chi connectivity index (χ4v) is 1.45. The lowest BCUT2D eigenvalue weighted by Crippen LogP contribution is -2.36. The van der Waals surface area contributed by atoms with Gasteiger partial charge in [0.25, 0.3) is 0 Å². The van der Waals surface area contributed by atoms with Crippen molar-refractivity contribution in [1.29, 1.82) is 0 Å². The van der Waals surface area contributed by atoms with Gasteiger partial charge in [-0.25, -0.2) is 4.79 Å². The van der Waals surface area contributed by atoms with E-state index in [9.17, 15) is 9.59 Å². The Hall–Kier alpha value is -1.36. The Bertz CT molecular complexity index is 298. The molecule has 0 saturated carbocycles. The van der Waals surface area contributed by atoms with Gasteiger partial charge in [-0.1, -0.05) is 19.9 Å². The molecule has 0 saturated heterocycles. The molecule has 17 heavy (non-hydrogen) atoms. The van der Waals surface area contributed by atoms with Gasteiger partial charge in [-0.05, 0) is 12.8 Å². The topological polar surface area (TPSA) is 72.6 Å². The summed E-state index contributed by atoms with van der Waals surface area (Å²) in [5, 5.41) is 0. The van der Waals surface area contributed by atoms with Crippen molar-refractivity contribution in [3.63, 3.8) is 0 Å². The molecule has 5 heteroatoms. The molecule has 0 unspecified atom stereocenters. The molecular weight excluding hydrogens is 220 g/mol. The molecule has 0 aliphatic rings. The zero-order valence-electron chi connectivity index (χ0n) is 11.0. The van der Waals surface area contributed by atoms with E-state index in [1.54, 1.807) is 13.0 Å². The number of nitrogens with zero attached hydrogens (tertiary/aromatic N) is 1. The highest BCUT2D eigenvalue weighted by Crippen LogP contribution is 2.01. The summed E-state index contributed by atoms with van der Waals surface area (Å²) in [6.45, 7) is 7.28. The third-order valence-corrected chi connectivity index (χ3v) is 2.17. The number of methoxy groups -OCH3 is 1. The summed E-state index contributed by atoms with van der Waals surface area (Å²) in [4.78, 5) is 24.0. The summed E-state index contributed by atoms with van der Waals surface area (Å²) in [7, 11) is 1.34. The number of esters is 1. The molecular formula is C12H22N2O3. The van der Waals surface area contributed by atoms with Gasteiger partial charge in [-0.15, -0.1) is 0 Å². The smallest absolute Gasteiger partial charge is 0.333 e. The highest BCUT2D eigenvalue weighted by Gasteiger charge is 2.10. The first-order valence-electron chi connectivity index (χ1n) is 5.62. The quantitative estimate of drug-likeness (QED) is 0.522. The van der Waals surface area contributed by atoms with Gasteiger partial charge in [-0.3, -0.25) is 9.69 Å². The van der Waals surface area contributed by atoms with Crippen LogP contribution in [0.5, 0.6) is 0 Å². The summed E-state index contributed by atoms with van der Waals surface area (Å²) < 4.78 is 4.59. The van der Waals surface area contributed by atoms with Crippen LogP contribution in [0.1, 0.15) is 20.8 Å². The minimum Gasteiger partial charge on any atom is -0.466 e. The van der Waals surface area contributed by atoms with Crippen molar-refractivity contribution in [3.8, 4) is 0 Å². The minimum absolute atomic E-state index is 0.198. The number of ether oxygens (including phenoxy) is 1. The van der Waals surface area contributed by atoms with E-state index in [4.69, 9.17) is 5.73 Å². The Morgan fingerprint density at radius 2 is 2.00 bits per heavy atom. The molecule has 0 aromatic heterocycles. The van der Waals surface area contributed by atoms with E-state index in [2.05, 4.69) is 18.6 Å². The maximum Gasteiger partial charge on any atom is 0.333 e. The molecule has 0 radical (unpaired) electrons. The number of hydrogen-bond donors (Lipinski definition) is 1. The summed E-state index contributed by atoms with van der Waals surface area (Å²) in [5.74, 6) is -0.287. The van der Waals surface area contributed by atoms with Crippen LogP contribution in [-0.2, 0) is 14.3 Å². The number of rotatable bonds is 7. The molecule has 2 N–H and O–H groups in total. The normalized spacial score (nSPS) is 12.0. The molecule has 0 bridgehead atoms. The lowest BCUT2D eigenvalue weighted by molar-refractivity contribution is -0.136. The summed E-state index contributed by atoms with van der Waals surface area (Å²) in [6, 6.07) is 0. The summed E-state index contributed by atoms with van der Waals surface area (Å²) in [5.41, 5.74) is 5.70. The zero-order valence-corrected chi connectivity index (χ0v) is 11.0. The van der Waals surface area contributed by atoms with E-state index >= 15 is 0 Å². The number of hydrogen-bond acceptors (Lipinski definition) is 4. The number of amides is 1. The van der Waals surface area contributed by atoms with Crippen LogP contribution in [0.25, 0.3) is 0 Å². The molecule has 0 fully saturated rings. The standard InChI is InChI=1S/C12H22N2O3/c1-9(2)7-14(8-11(13)15)6-5-10(3)12(16)17-4/h5,9H,6-8H2,1-4H3,(H2,13,15). The van der Waals surface area contributed by atoms with E-state index in [-0.39, 0.29) is 18.4 Å². The average Bonchev–Trinajstić information content (AvgIpc) is 2.22. The molecule has 5 nitrogen and oxygen atoms in total. The average molecular weight is 242 g/mol. The molecule has 0 aromatic rings. The number of nitrogens with two attached hydrogens (primary N) is 1. The van der Waals surface area contributed by atoms with Gasteiger partial charge in [0.1, 0.15) is 0 Å². The van der Waals surface area contributed by atoms with E-state index in [0.29, 0.717) is 18.0 Å². The van der Waals surface area contributed by atoms with Crippen LogP contribution < -0.4 is 5.73 Å². The minimum atomic E-state index is -0.366. The molecule has 0 rings (SSSR count). The van der Waals surface area contributed by atoms with Crippen molar-refractivity contribution >= 4 is 11.9 Å². The third kappa shape index (κ3) is 7.52.